The normalized spacial score (nSPS) is 20.6. The van der Waals surface area contributed by atoms with Crippen LogP contribution in [-0.4, -0.2) is 30.6 Å². The Balaban J connectivity index is 1.94. The number of nitro groups is 1. The fourth-order valence-corrected chi connectivity index (χ4v) is 2.81. The summed E-state index contributed by atoms with van der Waals surface area (Å²) in [5.41, 5.74) is -0.219. The first-order chi connectivity index (χ1) is 11.0. The molecular weight excluding hydrogens is 300 g/mol. The minimum atomic E-state index is -0.557. The minimum Gasteiger partial charge on any atom is -0.496 e. The van der Waals surface area contributed by atoms with Gasteiger partial charge >= 0.3 is 5.69 Å². The van der Waals surface area contributed by atoms with Crippen LogP contribution in [-0.2, 0) is 4.79 Å². The Morgan fingerprint density at radius 3 is 2.78 bits per heavy atom. The highest BCUT2D eigenvalue weighted by molar-refractivity contribution is 5.78. The monoisotopic (exact) mass is 322 g/mol. The molecule has 0 bridgehead atoms. The zero-order valence-electron chi connectivity index (χ0n) is 13.4. The first-order valence-electron chi connectivity index (χ1n) is 7.76. The summed E-state index contributed by atoms with van der Waals surface area (Å²) in [4.78, 5) is 22.5. The van der Waals surface area contributed by atoms with Crippen molar-refractivity contribution < 1.29 is 19.2 Å². The van der Waals surface area contributed by atoms with Crippen molar-refractivity contribution in [3.8, 4) is 11.5 Å². The molecule has 0 radical (unpaired) electrons. The maximum atomic E-state index is 12.0. The van der Waals surface area contributed by atoms with Crippen molar-refractivity contribution in [1.29, 1.82) is 0 Å². The Morgan fingerprint density at radius 2 is 2.13 bits per heavy atom. The average molecular weight is 322 g/mol. The van der Waals surface area contributed by atoms with Crippen LogP contribution in [0.25, 0.3) is 0 Å². The lowest BCUT2D eigenvalue weighted by Gasteiger charge is -2.29. The minimum absolute atomic E-state index is 0.0580. The third-order valence-corrected chi connectivity index (χ3v) is 4.18. The number of nitrogens with one attached hydrogen (secondary N) is 1. The topological polar surface area (TPSA) is 90.7 Å². The Labute approximate surface area is 135 Å². The maximum absolute atomic E-state index is 12.0. The summed E-state index contributed by atoms with van der Waals surface area (Å²) in [6, 6.07) is 4.43. The summed E-state index contributed by atoms with van der Waals surface area (Å²) < 4.78 is 10.3. The van der Waals surface area contributed by atoms with Crippen LogP contribution in [0, 0.1) is 16.0 Å². The number of methoxy groups -OCH3 is 1. The standard InChI is InChI=1S/C16H22N2O5/c1-11-5-3-4-6-13(11)17-16(19)10-23-15-8-7-12(22-2)9-14(15)18(20)21/h7-9,11,13H,3-6,10H2,1-2H3,(H,17,19)/t11-,13-/m1/s1. The number of nitro benzene ring substituents is 1. The zero-order valence-corrected chi connectivity index (χ0v) is 13.4. The largest absolute Gasteiger partial charge is 0.496 e. The smallest absolute Gasteiger partial charge is 0.314 e. The Bertz CT molecular complexity index is 576. The van der Waals surface area contributed by atoms with E-state index in [2.05, 4.69) is 12.2 Å². The molecule has 1 saturated carbocycles. The molecule has 7 nitrogen and oxygen atoms in total. The van der Waals surface area contributed by atoms with E-state index >= 15 is 0 Å². The van der Waals surface area contributed by atoms with Gasteiger partial charge in [-0.05, 0) is 30.9 Å². The predicted molar refractivity (Wildman–Crippen MR) is 84.7 cm³/mol. The van der Waals surface area contributed by atoms with Gasteiger partial charge in [-0.25, -0.2) is 0 Å². The molecule has 2 atom stereocenters. The summed E-state index contributed by atoms with van der Waals surface area (Å²) in [7, 11) is 1.43. The van der Waals surface area contributed by atoms with Gasteiger partial charge in [0.05, 0.1) is 18.1 Å². The molecule has 2 rings (SSSR count). The quantitative estimate of drug-likeness (QED) is 0.642. The van der Waals surface area contributed by atoms with E-state index < -0.39 is 4.92 Å². The van der Waals surface area contributed by atoms with Crippen molar-refractivity contribution in [2.45, 2.75) is 38.6 Å². The van der Waals surface area contributed by atoms with Crippen LogP contribution in [0.1, 0.15) is 32.6 Å². The number of hydrogen-bond acceptors (Lipinski definition) is 5. The number of ether oxygens (including phenoxy) is 2. The first-order valence-corrected chi connectivity index (χ1v) is 7.76. The molecule has 1 aromatic carbocycles. The molecule has 1 aliphatic carbocycles. The van der Waals surface area contributed by atoms with Gasteiger partial charge in [-0.1, -0.05) is 19.8 Å². The van der Waals surface area contributed by atoms with Crippen molar-refractivity contribution in [2.75, 3.05) is 13.7 Å². The van der Waals surface area contributed by atoms with Gasteiger partial charge in [0.2, 0.25) is 0 Å². The molecule has 0 spiro atoms. The molecule has 126 valence electrons. The van der Waals surface area contributed by atoms with Gasteiger partial charge in [0.1, 0.15) is 5.75 Å². The number of amides is 1. The van der Waals surface area contributed by atoms with E-state index in [0.29, 0.717) is 11.7 Å². The average Bonchev–Trinajstić information content (AvgIpc) is 2.54. The van der Waals surface area contributed by atoms with Crippen LogP contribution in [0.2, 0.25) is 0 Å². The van der Waals surface area contributed by atoms with Gasteiger partial charge in [0.15, 0.2) is 12.4 Å². The van der Waals surface area contributed by atoms with E-state index in [4.69, 9.17) is 9.47 Å². The van der Waals surface area contributed by atoms with Crippen molar-refractivity contribution in [3.05, 3.63) is 28.3 Å². The summed E-state index contributed by atoms with van der Waals surface area (Å²) in [6.07, 6.45) is 4.38. The number of carbonyl (C=O) groups is 1. The van der Waals surface area contributed by atoms with E-state index in [9.17, 15) is 14.9 Å². The van der Waals surface area contributed by atoms with Crippen LogP contribution in [0.15, 0.2) is 18.2 Å². The molecule has 0 saturated heterocycles. The molecule has 0 heterocycles. The van der Waals surface area contributed by atoms with Crippen molar-refractivity contribution in [3.63, 3.8) is 0 Å². The van der Waals surface area contributed by atoms with Crippen LogP contribution in [0.4, 0.5) is 5.69 Å². The van der Waals surface area contributed by atoms with Crippen LogP contribution in [0.5, 0.6) is 11.5 Å². The van der Waals surface area contributed by atoms with Crippen molar-refractivity contribution in [2.24, 2.45) is 5.92 Å². The molecule has 1 fully saturated rings. The van der Waals surface area contributed by atoms with E-state index in [-0.39, 0.29) is 30.0 Å². The number of benzene rings is 1. The third kappa shape index (κ3) is 4.58. The zero-order chi connectivity index (χ0) is 16.8. The highest BCUT2D eigenvalue weighted by atomic mass is 16.6. The number of hydrogen-bond donors (Lipinski definition) is 1. The fourth-order valence-electron chi connectivity index (χ4n) is 2.81. The van der Waals surface area contributed by atoms with Gasteiger partial charge in [0, 0.05) is 6.04 Å². The Kier molecular flexibility index (Phi) is 5.78. The van der Waals surface area contributed by atoms with Gasteiger partial charge in [0.25, 0.3) is 5.91 Å². The summed E-state index contributed by atoms with van der Waals surface area (Å²) in [5, 5.41) is 14.0. The number of nitrogens with zero attached hydrogens (tertiary/aromatic N) is 1. The highest BCUT2D eigenvalue weighted by Crippen LogP contribution is 2.31. The van der Waals surface area contributed by atoms with Crippen LogP contribution < -0.4 is 14.8 Å². The summed E-state index contributed by atoms with van der Waals surface area (Å²) >= 11 is 0. The van der Waals surface area contributed by atoms with E-state index in [1.165, 1.54) is 25.7 Å². The van der Waals surface area contributed by atoms with Crippen LogP contribution in [0.3, 0.4) is 0 Å². The molecule has 1 aliphatic rings. The van der Waals surface area contributed by atoms with Gasteiger partial charge < -0.3 is 14.8 Å². The van der Waals surface area contributed by atoms with Crippen LogP contribution >= 0.6 is 0 Å². The predicted octanol–water partition coefficient (Wildman–Crippen LogP) is 2.68. The molecule has 1 N–H and O–H groups in total. The molecule has 7 heteroatoms. The Hall–Kier alpha value is -2.31. The summed E-state index contributed by atoms with van der Waals surface area (Å²) in [6.45, 7) is 1.88. The summed E-state index contributed by atoms with van der Waals surface area (Å²) in [5.74, 6) is 0.615. The van der Waals surface area contributed by atoms with E-state index in [1.807, 2.05) is 0 Å². The first kappa shape index (κ1) is 17.1. The van der Waals surface area contributed by atoms with Gasteiger partial charge in [-0.15, -0.1) is 0 Å². The lowest BCUT2D eigenvalue weighted by molar-refractivity contribution is -0.385. The molecule has 23 heavy (non-hydrogen) atoms. The van der Waals surface area contributed by atoms with Gasteiger partial charge in [-0.2, -0.15) is 0 Å². The van der Waals surface area contributed by atoms with Gasteiger partial charge in [-0.3, -0.25) is 14.9 Å². The number of rotatable bonds is 6. The molecule has 0 aliphatic heterocycles. The molecule has 0 aromatic heterocycles. The fraction of sp³-hybridized carbons (Fsp3) is 0.562. The second kappa shape index (κ2) is 7.80. The third-order valence-electron chi connectivity index (χ3n) is 4.18. The molecular formula is C16H22N2O5. The second-order valence-electron chi connectivity index (χ2n) is 5.82. The second-order valence-corrected chi connectivity index (χ2v) is 5.82. The van der Waals surface area contributed by atoms with Crippen molar-refractivity contribution in [1.82, 2.24) is 5.32 Å². The lowest BCUT2D eigenvalue weighted by Crippen LogP contribution is -2.43. The van der Waals surface area contributed by atoms with E-state index in [1.54, 1.807) is 6.07 Å². The lowest BCUT2D eigenvalue weighted by atomic mass is 9.86. The maximum Gasteiger partial charge on any atom is 0.314 e. The highest BCUT2D eigenvalue weighted by Gasteiger charge is 2.23. The van der Waals surface area contributed by atoms with E-state index in [0.717, 1.165) is 19.3 Å². The molecule has 1 aromatic rings. The number of carbonyl (C=O) groups excluding carboxylic acids is 1. The SMILES string of the molecule is COc1ccc(OCC(=O)N[C@@H]2CCCC[C@H]2C)c([N+](=O)[O-])c1. The van der Waals surface area contributed by atoms with Crippen molar-refractivity contribution >= 4 is 11.6 Å². The molecule has 0 unspecified atom stereocenters. The Morgan fingerprint density at radius 1 is 1.39 bits per heavy atom. The molecule has 1 amide bonds.